The van der Waals surface area contributed by atoms with Crippen molar-refractivity contribution in [3.05, 3.63) is 89.0 Å². The topological polar surface area (TPSA) is 77.0 Å². The molecule has 3 N–H and O–H groups in total. The maximum absolute atomic E-state index is 13.1. The molecule has 1 heterocycles. The van der Waals surface area contributed by atoms with Gasteiger partial charge in [-0.3, -0.25) is 15.5 Å². The molecule has 0 bridgehead atoms. The fourth-order valence-electron chi connectivity index (χ4n) is 3.91. The highest BCUT2D eigenvalue weighted by atomic mass is 16.2. The van der Waals surface area contributed by atoms with Crippen LogP contribution >= 0.6 is 0 Å². The predicted octanol–water partition coefficient (Wildman–Crippen LogP) is 2.28. The molecule has 1 aliphatic heterocycles. The molecule has 1 amide bonds. The van der Waals surface area contributed by atoms with Gasteiger partial charge in [-0.1, -0.05) is 54.6 Å². The molecule has 2 atom stereocenters. The average Bonchev–Trinajstić information content (AvgIpc) is 2.85. The summed E-state index contributed by atoms with van der Waals surface area (Å²) in [5, 5.41) is 0. The molecule has 5 nitrogen and oxygen atoms in total. The van der Waals surface area contributed by atoms with Crippen molar-refractivity contribution in [2.75, 3.05) is 6.54 Å². The molecule has 146 valence electrons. The second kappa shape index (κ2) is 8.07. The molecule has 2 aliphatic rings. The zero-order valence-electron chi connectivity index (χ0n) is 16.4. The lowest BCUT2D eigenvalue weighted by Crippen LogP contribution is -3.12. The highest BCUT2D eigenvalue weighted by Gasteiger charge is 2.37. The van der Waals surface area contributed by atoms with E-state index in [0.29, 0.717) is 10.5 Å². The van der Waals surface area contributed by atoms with Crippen LogP contribution < -0.4 is 10.6 Å². The van der Waals surface area contributed by atoms with Crippen molar-refractivity contribution < 1.29 is 14.5 Å². The number of Topliss-reactive ketones (excluding diaryl/α,β-unsaturated/α-hetero) is 1. The van der Waals surface area contributed by atoms with Crippen LogP contribution in [-0.2, 0) is 4.79 Å². The summed E-state index contributed by atoms with van der Waals surface area (Å²) in [6.07, 6.45) is 6.91. The SMILES string of the molecule is Cc1ccccc1C(=O)C[NH+]1C(=O)[C@H](N)N=C(C2=CC=CCC2)c2ccccc21. The fourth-order valence-corrected chi connectivity index (χ4v) is 3.91. The summed E-state index contributed by atoms with van der Waals surface area (Å²) in [6, 6.07) is 15.1. The van der Waals surface area contributed by atoms with E-state index < -0.39 is 6.17 Å². The molecule has 0 fully saturated rings. The van der Waals surface area contributed by atoms with Gasteiger partial charge in [0.25, 0.3) is 0 Å². The van der Waals surface area contributed by atoms with E-state index in [1.165, 1.54) is 0 Å². The number of nitrogens with zero attached hydrogens (tertiary/aromatic N) is 1. The number of hydrogen-bond donors (Lipinski definition) is 2. The summed E-state index contributed by atoms with van der Waals surface area (Å²) in [6.45, 7) is 1.91. The maximum atomic E-state index is 13.1. The van der Waals surface area contributed by atoms with E-state index in [4.69, 9.17) is 5.73 Å². The minimum absolute atomic E-state index is 0.0101. The van der Waals surface area contributed by atoms with Gasteiger partial charge in [0.05, 0.1) is 11.3 Å². The minimum atomic E-state index is -1.01. The quantitative estimate of drug-likeness (QED) is 0.792. The van der Waals surface area contributed by atoms with Gasteiger partial charge in [0.15, 0.2) is 6.54 Å². The first-order chi connectivity index (χ1) is 14.1. The summed E-state index contributed by atoms with van der Waals surface area (Å²) < 4.78 is 0. The van der Waals surface area contributed by atoms with Gasteiger partial charge in [0.2, 0.25) is 11.9 Å². The van der Waals surface area contributed by atoms with Crippen molar-refractivity contribution in [3.8, 4) is 0 Å². The third-order valence-electron chi connectivity index (χ3n) is 5.44. The first-order valence-electron chi connectivity index (χ1n) is 9.84. The number of aryl methyl sites for hydroxylation is 1. The Morgan fingerprint density at radius 1 is 1.17 bits per heavy atom. The number of nitrogens with two attached hydrogens (primary N) is 1. The van der Waals surface area contributed by atoms with Gasteiger partial charge in [-0.2, -0.15) is 0 Å². The zero-order chi connectivity index (χ0) is 20.4. The maximum Gasteiger partial charge on any atom is 0.356 e. The third kappa shape index (κ3) is 3.75. The van der Waals surface area contributed by atoms with Gasteiger partial charge in [-0.15, -0.1) is 0 Å². The third-order valence-corrected chi connectivity index (χ3v) is 5.44. The smallest absolute Gasteiger partial charge is 0.298 e. The van der Waals surface area contributed by atoms with Crippen LogP contribution in [0.1, 0.15) is 34.3 Å². The molecule has 0 saturated carbocycles. The highest BCUT2D eigenvalue weighted by Crippen LogP contribution is 2.24. The molecule has 0 saturated heterocycles. The Balaban J connectivity index is 1.76. The van der Waals surface area contributed by atoms with Crippen molar-refractivity contribution in [2.24, 2.45) is 10.7 Å². The molecule has 0 radical (unpaired) electrons. The van der Waals surface area contributed by atoms with Crippen LogP contribution in [0.5, 0.6) is 0 Å². The van der Waals surface area contributed by atoms with E-state index in [0.717, 1.165) is 40.9 Å². The Morgan fingerprint density at radius 2 is 1.93 bits per heavy atom. The number of ketones is 1. The Kier molecular flexibility index (Phi) is 5.34. The van der Waals surface area contributed by atoms with E-state index in [1.807, 2.05) is 61.5 Å². The molecule has 29 heavy (non-hydrogen) atoms. The number of nitrogens with one attached hydrogen (secondary N) is 1. The molecule has 2 aromatic rings. The normalized spacial score (nSPS) is 21.1. The first kappa shape index (κ1) is 19.2. The number of para-hydroxylation sites is 1. The molecule has 1 aliphatic carbocycles. The lowest BCUT2D eigenvalue weighted by Gasteiger charge is -2.18. The number of allylic oxidation sites excluding steroid dienone is 4. The van der Waals surface area contributed by atoms with E-state index in [-0.39, 0.29) is 18.2 Å². The number of carbonyl (C=O) groups excluding carboxylic acids is 2. The summed E-state index contributed by atoms with van der Waals surface area (Å²) in [5.74, 6) is -0.377. The Morgan fingerprint density at radius 3 is 2.69 bits per heavy atom. The largest absolute Gasteiger partial charge is 0.356 e. The fraction of sp³-hybridized carbons (Fsp3) is 0.208. The molecule has 1 unspecified atom stereocenters. The van der Waals surface area contributed by atoms with E-state index in [1.54, 1.807) is 6.07 Å². The monoisotopic (exact) mass is 386 g/mol. The number of carbonyl (C=O) groups is 2. The van der Waals surface area contributed by atoms with Gasteiger partial charge in [-0.05, 0) is 37.0 Å². The van der Waals surface area contributed by atoms with Gasteiger partial charge in [0.1, 0.15) is 5.69 Å². The number of quaternary nitrogens is 1. The highest BCUT2D eigenvalue weighted by molar-refractivity contribution is 6.16. The lowest BCUT2D eigenvalue weighted by atomic mass is 9.94. The minimum Gasteiger partial charge on any atom is -0.298 e. The van der Waals surface area contributed by atoms with Gasteiger partial charge in [-0.25, -0.2) is 9.69 Å². The van der Waals surface area contributed by atoms with E-state index in [9.17, 15) is 9.59 Å². The molecule has 0 spiro atoms. The standard InChI is InChI=1S/C24H23N3O2/c1-16-9-5-6-12-18(16)21(28)15-27-20-14-8-7-13-19(20)22(26-23(25)24(27)29)17-10-3-2-4-11-17/h2-3,5-10,12-14,23H,4,11,15,25H2,1H3/p+1/t23-/m1/s1. The average molecular weight is 386 g/mol. The number of aliphatic imine (C=N–C) groups is 1. The molecule has 2 aromatic carbocycles. The lowest BCUT2D eigenvalue weighted by molar-refractivity contribution is -0.739. The second-order valence-electron chi connectivity index (χ2n) is 7.38. The van der Waals surface area contributed by atoms with Crippen LogP contribution in [0.15, 0.2) is 77.3 Å². The number of benzodiazepines with no additional fused rings is 1. The summed E-state index contributed by atoms with van der Waals surface area (Å²) in [4.78, 5) is 31.2. The molecule has 5 heteroatoms. The van der Waals surface area contributed by atoms with Crippen LogP contribution in [0.3, 0.4) is 0 Å². The van der Waals surface area contributed by atoms with Crippen LogP contribution in [0.2, 0.25) is 0 Å². The van der Waals surface area contributed by atoms with Crippen LogP contribution in [0.4, 0.5) is 5.69 Å². The van der Waals surface area contributed by atoms with Gasteiger partial charge in [0, 0.05) is 11.6 Å². The van der Waals surface area contributed by atoms with Crippen molar-refractivity contribution >= 4 is 23.1 Å². The number of hydrogen-bond acceptors (Lipinski definition) is 4. The van der Waals surface area contributed by atoms with Crippen LogP contribution in [0, 0.1) is 6.92 Å². The first-order valence-corrected chi connectivity index (χ1v) is 9.84. The Hall–Kier alpha value is -3.15. The molecule has 4 rings (SSSR count). The summed E-state index contributed by atoms with van der Waals surface area (Å²) >= 11 is 0. The van der Waals surface area contributed by atoms with Crippen molar-refractivity contribution in [2.45, 2.75) is 25.9 Å². The van der Waals surface area contributed by atoms with Crippen LogP contribution in [0.25, 0.3) is 0 Å². The number of amides is 1. The molecular weight excluding hydrogens is 362 g/mol. The number of fused-ring (bicyclic) bond motifs is 1. The van der Waals surface area contributed by atoms with Gasteiger partial charge < -0.3 is 0 Å². The van der Waals surface area contributed by atoms with Gasteiger partial charge >= 0.3 is 5.91 Å². The molecular formula is C24H24N3O2+. The summed E-state index contributed by atoms with van der Waals surface area (Å²) in [7, 11) is 0. The predicted molar refractivity (Wildman–Crippen MR) is 113 cm³/mol. The van der Waals surface area contributed by atoms with Crippen molar-refractivity contribution in [3.63, 3.8) is 0 Å². The molecule has 0 aromatic heterocycles. The van der Waals surface area contributed by atoms with E-state index >= 15 is 0 Å². The Labute approximate surface area is 170 Å². The Bertz CT molecular complexity index is 1070. The number of benzene rings is 2. The van der Waals surface area contributed by atoms with Crippen molar-refractivity contribution in [1.82, 2.24) is 0 Å². The zero-order valence-corrected chi connectivity index (χ0v) is 16.4. The summed E-state index contributed by atoms with van der Waals surface area (Å²) in [5.41, 5.74) is 11.1. The van der Waals surface area contributed by atoms with Crippen molar-refractivity contribution in [1.29, 1.82) is 0 Å². The van der Waals surface area contributed by atoms with Crippen LogP contribution in [-0.4, -0.2) is 30.1 Å². The number of rotatable bonds is 4. The second-order valence-corrected chi connectivity index (χ2v) is 7.38. The van der Waals surface area contributed by atoms with E-state index in [2.05, 4.69) is 11.1 Å².